The first-order valence-electron chi connectivity index (χ1n) is 19.1. The fourth-order valence-corrected chi connectivity index (χ4v) is 8.68. The van der Waals surface area contributed by atoms with E-state index in [0.29, 0.717) is 17.5 Å². The normalized spacial score (nSPS) is 11.9. The summed E-state index contributed by atoms with van der Waals surface area (Å²) >= 11 is 0. The van der Waals surface area contributed by atoms with Crippen molar-refractivity contribution in [3.8, 4) is 45.5 Å². The molecule has 0 spiro atoms. The smallest absolute Gasteiger partial charge is 0.164 e. The van der Waals surface area contributed by atoms with E-state index in [9.17, 15) is 0 Å². The van der Waals surface area contributed by atoms with Crippen LogP contribution in [0.3, 0.4) is 0 Å². The van der Waals surface area contributed by atoms with Gasteiger partial charge in [-0.3, -0.25) is 0 Å². The van der Waals surface area contributed by atoms with Crippen LogP contribution in [0.15, 0.2) is 192 Å². The number of hydrogen-bond donors (Lipinski definition) is 0. The van der Waals surface area contributed by atoms with E-state index in [1.807, 2.05) is 72.8 Å². The van der Waals surface area contributed by atoms with Crippen LogP contribution in [0.25, 0.3) is 111 Å². The van der Waals surface area contributed by atoms with Gasteiger partial charge in [0.1, 0.15) is 11.2 Å². The molecule has 266 valence electrons. The molecule has 0 bridgehead atoms. The number of hydrogen-bond acceptors (Lipinski definition) is 4. The number of nitrogens with zero attached hydrogens (tertiary/aromatic N) is 5. The molecule has 0 radical (unpaired) electrons. The van der Waals surface area contributed by atoms with E-state index in [2.05, 4.69) is 124 Å². The van der Waals surface area contributed by atoms with E-state index in [-0.39, 0.29) is 0 Å². The summed E-state index contributed by atoms with van der Waals surface area (Å²) in [6.07, 6.45) is 0. The highest BCUT2D eigenvalue weighted by Crippen LogP contribution is 2.43. The Bertz CT molecular complexity index is 3450. The molecule has 0 atom stereocenters. The third kappa shape index (κ3) is 4.81. The molecular weight excluding hydrogens is 699 g/mol. The first kappa shape index (κ1) is 31.5. The molecule has 0 amide bonds. The second-order valence-electron chi connectivity index (χ2n) is 14.4. The molecule has 0 saturated carbocycles. The van der Waals surface area contributed by atoms with Crippen molar-refractivity contribution in [2.75, 3.05) is 0 Å². The third-order valence-corrected chi connectivity index (χ3v) is 11.2. The lowest BCUT2D eigenvalue weighted by molar-refractivity contribution is 0.668. The Labute approximate surface area is 326 Å². The molecule has 0 aliphatic carbocycles. The van der Waals surface area contributed by atoms with Crippen molar-refractivity contribution >= 4 is 65.6 Å². The summed E-state index contributed by atoms with van der Waals surface area (Å²) in [5, 5.41) is 6.80. The Morgan fingerprint density at radius 1 is 0.351 bits per heavy atom. The van der Waals surface area contributed by atoms with Gasteiger partial charge in [0.25, 0.3) is 0 Å². The van der Waals surface area contributed by atoms with Gasteiger partial charge >= 0.3 is 0 Å². The maximum atomic E-state index is 6.75. The summed E-state index contributed by atoms with van der Waals surface area (Å²) in [4.78, 5) is 15.1. The standard InChI is InChI=1S/C51H31N5O/c1-4-15-32(16-5-1)49-52-50(33-17-6-2-7-18-33)54-51(53-49)41-23-14-26-44-46(41)40-28-27-35(31-45(40)57-44)56-43-25-13-11-22-37(43)39-30-29-38-36-21-10-12-24-42(36)55(47(38)48(39)56)34-19-8-3-9-20-34/h1-31H. The molecule has 0 aliphatic heterocycles. The van der Waals surface area contributed by atoms with Gasteiger partial charge in [-0.1, -0.05) is 140 Å². The first-order chi connectivity index (χ1) is 28.3. The SMILES string of the molecule is c1ccc(-c2nc(-c3ccccc3)nc(-c3cccc4oc5cc(-n6c7ccccc7c7ccc8c9ccccc9n(-c9ccccc9)c8c76)ccc5c34)n2)cc1. The molecule has 0 N–H and O–H groups in total. The molecule has 57 heavy (non-hydrogen) atoms. The molecule has 12 aromatic rings. The minimum atomic E-state index is 0.596. The van der Waals surface area contributed by atoms with E-state index in [4.69, 9.17) is 19.4 Å². The minimum absolute atomic E-state index is 0.596. The van der Waals surface area contributed by atoms with Crippen molar-refractivity contribution in [1.82, 2.24) is 24.1 Å². The summed E-state index contributed by atoms with van der Waals surface area (Å²) in [7, 11) is 0. The predicted octanol–water partition coefficient (Wildman–Crippen LogP) is 13.0. The minimum Gasteiger partial charge on any atom is -0.456 e. The van der Waals surface area contributed by atoms with Gasteiger partial charge in [-0.15, -0.1) is 0 Å². The number of rotatable bonds is 5. The zero-order valence-electron chi connectivity index (χ0n) is 30.5. The summed E-state index contributed by atoms with van der Waals surface area (Å²) in [5.74, 6) is 1.84. The molecular formula is C51H31N5O. The van der Waals surface area contributed by atoms with Crippen LogP contribution in [-0.2, 0) is 0 Å². The molecule has 8 aromatic carbocycles. The van der Waals surface area contributed by atoms with Gasteiger partial charge in [0, 0.05) is 60.8 Å². The summed E-state index contributed by atoms with van der Waals surface area (Å²) < 4.78 is 11.6. The van der Waals surface area contributed by atoms with Gasteiger partial charge in [-0.2, -0.15) is 0 Å². The molecule has 4 heterocycles. The van der Waals surface area contributed by atoms with Crippen molar-refractivity contribution in [3.63, 3.8) is 0 Å². The number of aromatic nitrogens is 5. The molecule has 0 unspecified atom stereocenters. The molecule has 12 rings (SSSR count). The van der Waals surface area contributed by atoms with Gasteiger partial charge in [0.2, 0.25) is 0 Å². The Kier molecular flexibility index (Phi) is 6.83. The number of fused-ring (bicyclic) bond motifs is 10. The number of furan rings is 1. The van der Waals surface area contributed by atoms with Crippen LogP contribution in [0.4, 0.5) is 0 Å². The maximum Gasteiger partial charge on any atom is 0.164 e. The number of para-hydroxylation sites is 3. The zero-order chi connectivity index (χ0) is 37.5. The second kappa shape index (κ2) is 12.3. The van der Waals surface area contributed by atoms with E-state index < -0.39 is 0 Å². The fraction of sp³-hybridized carbons (Fsp3) is 0. The topological polar surface area (TPSA) is 61.7 Å². The van der Waals surface area contributed by atoms with Gasteiger partial charge in [0.15, 0.2) is 17.5 Å². The highest BCUT2D eigenvalue weighted by Gasteiger charge is 2.23. The molecule has 4 aromatic heterocycles. The molecule has 0 aliphatic rings. The lowest BCUT2D eigenvalue weighted by atomic mass is 10.0. The lowest BCUT2D eigenvalue weighted by Crippen LogP contribution is -2.00. The Hall–Kier alpha value is -7.83. The van der Waals surface area contributed by atoms with E-state index in [0.717, 1.165) is 61.0 Å². The average Bonchev–Trinajstić information content (AvgIpc) is 3.94. The zero-order valence-corrected chi connectivity index (χ0v) is 30.5. The van der Waals surface area contributed by atoms with Crippen molar-refractivity contribution in [1.29, 1.82) is 0 Å². The molecule has 0 saturated heterocycles. The van der Waals surface area contributed by atoms with Crippen LogP contribution in [0.5, 0.6) is 0 Å². The van der Waals surface area contributed by atoms with Crippen molar-refractivity contribution < 1.29 is 4.42 Å². The van der Waals surface area contributed by atoms with Crippen LogP contribution < -0.4 is 0 Å². The van der Waals surface area contributed by atoms with E-state index in [1.54, 1.807) is 0 Å². The Morgan fingerprint density at radius 3 is 1.47 bits per heavy atom. The first-order valence-corrected chi connectivity index (χ1v) is 19.1. The Balaban J connectivity index is 1.11. The van der Waals surface area contributed by atoms with Crippen LogP contribution in [0, 0.1) is 0 Å². The highest BCUT2D eigenvalue weighted by molar-refractivity contribution is 6.24. The van der Waals surface area contributed by atoms with E-state index >= 15 is 0 Å². The number of benzene rings is 8. The molecule has 0 fully saturated rings. The van der Waals surface area contributed by atoms with Crippen molar-refractivity contribution in [2.45, 2.75) is 0 Å². The molecule has 6 nitrogen and oxygen atoms in total. The maximum absolute atomic E-state index is 6.75. The lowest BCUT2D eigenvalue weighted by Gasteiger charge is -2.12. The van der Waals surface area contributed by atoms with Crippen molar-refractivity contribution in [2.24, 2.45) is 0 Å². The summed E-state index contributed by atoms with van der Waals surface area (Å²) in [6, 6.07) is 65.5. The van der Waals surface area contributed by atoms with Gasteiger partial charge in [-0.25, -0.2) is 15.0 Å². The van der Waals surface area contributed by atoms with Gasteiger partial charge in [0.05, 0.1) is 27.8 Å². The monoisotopic (exact) mass is 729 g/mol. The predicted molar refractivity (Wildman–Crippen MR) is 232 cm³/mol. The fourth-order valence-electron chi connectivity index (χ4n) is 8.68. The largest absolute Gasteiger partial charge is 0.456 e. The Morgan fingerprint density at radius 2 is 0.860 bits per heavy atom. The summed E-state index contributed by atoms with van der Waals surface area (Å²) in [5.41, 5.74) is 11.1. The molecule has 6 heteroatoms. The average molecular weight is 730 g/mol. The van der Waals surface area contributed by atoms with Gasteiger partial charge < -0.3 is 13.6 Å². The summed E-state index contributed by atoms with van der Waals surface area (Å²) in [6.45, 7) is 0. The second-order valence-corrected chi connectivity index (χ2v) is 14.4. The van der Waals surface area contributed by atoms with Crippen LogP contribution in [0.1, 0.15) is 0 Å². The highest BCUT2D eigenvalue weighted by atomic mass is 16.3. The third-order valence-electron chi connectivity index (χ3n) is 11.2. The van der Waals surface area contributed by atoms with Gasteiger partial charge in [-0.05, 0) is 42.5 Å². The quantitative estimate of drug-likeness (QED) is 0.177. The van der Waals surface area contributed by atoms with Crippen LogP contribution in [-0.4, -0.2) is 24.1 Å². The van der Waals surface area contributed by atoms with Crippen molar-refractivity contribution in [3.05, 3.63) is 188 Å². The van der Waals surface area contributed by atoms with E-state index in [1.165, 1.54) is 32.6 Å². The van der Waals surface area contributed by atoms with Crippen LogP contribution >= 0.6 is 0 Å². The van der Waals surface area contributed by atoms with Crippen LogP contribution in [0.2, 0.25) is 0 Å².